The number of carbonyl (C=O) groups excluding carboxylic acids is 1. The van der Waals surface area contributed by atoms with Crippen molar-refractivity contribution in [3.63, 3.8) is 0 Å². The highest BCUT2D eigenvalue weighted by Crippen LogP contribution is 2.30. The van der Waals surface area contributed by atoms with Crippen LogP contribution in [0.5, 0.6) is 0 Å². The molecule has 2 heterocycles. The second-order valence-corrected chi connectivity index (χ2v) is 5.91. The quantitative estimate of drug-likeness (QED) is 0.828. The maximum Gasteiger partial charge on any atom is 0.254 e. The third-order valence-corrected chi connectivity index (χ3v) is 4.65. The van der Waals surface area contributed by atoms with Crippen molar-refractivity contribution < 1.29 is 9.18 Å². The Hall–Kier alpha value is -1.42. The van der Waals surface area contributed by atoms with Gasteiger partial charge in [-0.15, -0.1) is 0 Å². The van der Waals surface area contributed by atoms with E-state index in [1.165, 1.54) is 18.6 Å². The summed E-state index contributed by atoms with van der Waals surface area (Å²) in [7, 11) is 2.14. The normalized spacial score (nSPS) is 27.2. The van der Waals surface area contributed by atoms with Gasteiger partial charge >= 0.3 is 0 Å². The SMILES string of the molecule is CN1CCCC1C1CCCN1C(=O)c1cccc(F)c1. The largest absolute Gasteiger partial charge is 0.334 e. The lowest BCUT2D eigenvalue weighted by molar-refractivity contribution is 0.0664. The summed E-state index contributed by atoms with van der Waals surface area (Å²) in [6.45, 7) is 1.91. The molecule has 1 amide bonds. The van der Waals surface area contributed by atoms with Crippen LogP contribution in [0.25, 0.3) is 0 Å². The minimum Gasteiger partial charge on any atom is -0.334 e. The molecule has 20 heavy (non-hydrogen) atoms. The fraction of sp³-hybridized carbons (Fsp3) is 0.562. The van der Waals surface area contributed by atoms with Gasteiger partial charge in [0.15, 0.2) is 0 Å². The zero-order valence-corrected chi connectivity index (χ0v) is 11.9. The van der Waals surface area contributed by atoms with Crippen LogP contribution in [0.4, 0.5) is 4.39 Å². The number of hydrogen-bond donors (Lipinski definition) is 0. The molecule has 2 atom stereocenters. The Bertz CT molecular complexity index is 505. The van der Waals surface area contributed by atoms with Crippen molar-refractivity contribution in [3.8, 4) is 0 Å². The Morgan fingerprint density at radius 2 is 1.95 bits per heavy atom. The van der Waals surface area contributed by atoms with Gasteiger partial charge < -0.3 is 9.80 Å². The molecule has 0 radical (unpaired) electrons. The van der Waals surface area contributed by atoms with Gasteiger partial charge in [-0.05, 0) is 57.5 Å². The van der Waals surface area contributed by atoms with E-state index in [-0.39, 0.29) is 11.7 Å². The fourth-order valence-electron chi connectivity index (χ4n) is 3.65. The third kappa shape index (κ3) is 2.44. The molecule has 0 N–H and O–H groups in total. The summed E-state index contributed by atoms with van der Waals surface area (Å²) < 4.78 is 13.3. The zero-order chi connectivity index (χ0) is 14.1. The van der Waals surface area contributed by atoms with Gasteiger partial charge in [-0.3, -0.25) is 4.79 Å². The van der Waals surface area contributed by atoms with Gasteiger partial charge in [-0.2, -0.15) is 0 Å². The van der Waals surface area contributed by atoms with Crippen molar-refractivity contribution in [2.24, 2.45) is 0 Å². The summed E-state index contributed by atoms with van der Waals surface area (Å²) in [6, 6.07) is 6.79. The molecule has 0 aromatic heterocycles. The highest BCUT2D eigenvalue weighted by atomic mass is 19.1. The van der Waals surface area contributed by atoms with Gasteiger partial charge in [0.1, 0.15) is 5.82 Å². The van der Waals surface area contributed by atoms with E-state index in [9.17, 15) is 9.18 Å². The summed E-state index contributed by atoms with van der Waals surface area (Å²) in [5.74, 6) is -0.364. The van der Waals surface area contributed by atoms with E-state index < -0.39 is 0 Å². The van der Waals surface area contributed by atoms with Crippen LogP contribution in [-0.4, -0.2) is 47.9 Å². The summed E-state index contributed by atoms with van der Waals surface area (Å²) in [5.41, 5.74) is 0.470. The molecule has 0 aliphatic carbocycles. The van der Waals surface area contributed by atoms with Crippen LogP contribution in [0.15, 0.2) is 24.3 Å². The topological polar surface area (TPSA) is 23.6 Å². The van der Waals surface area contributed by atoms with Crippen LogP contribution >= 0.6 is 0 Å². The molecule has 2 fully saturated rings. The van der Waals surface area contributed by atoms with Crippen LogP contribution in [0, 0.1) is 5.82 Å². The number of hydrogen-bond acceptors (Lipinski definition) is 2. The standard InChI is InChI=1S/C16H21FN2O/c1-18-9-3-7-14(18)15-8-4-10-19(15)16(20)12-5-2-6-13(17)11-12/h2,5-6,11,14-15H,3-4,7-10H2,1H3. The lowest BCUT2D eigenvalue weighted by Gasteiger charge is -2.33. The molecule has 3 nitrogen and oxygen atoms in total. The second-order valence-electron chi connectivity index (χ2n) is 5.91. The third-order valence-electron chi connectivity index (χ3n) is 4.65. The maximum atomic E-state index is 13.3. The van der Waals surface area contributed by atoms with Gasteiger partial charge in [-0.25, -0.2) is 4.39 Å². The Kier molecular flexibility index (Phi) is 3.74. The van der Waals surface area contributed by atoms with E-state index in [1.807, 2.05) is 4.90 Å². The molecular weight excluding hydrogens is 255 g/mol. The average molecular weight is 276 g/mol. The monoisotopic (exact) mass is 276 g/mol. The lowest BCUT2D eigenvalue weighted by atomic mass is 10.0. The summed E-state index contributed by atoms with van der Waals surface area (Å²) in [4.78, 5) is 16.9. The van der Waals surface area contributed by atoms with E-state index in [4.69, 9.17) is 0 Å². The molecule has 2 aliphatic heterocycles. The first-order valence-corrected chi connectivity index (χ1v) is 7.43. The first kappa shape index (κ1) is 13.6. The molecule has 4 heteroatoms. The van der Waals surface area contributed by atoms with Crippen LogP contribution in [-0.2, 0) is 0 Å². The highest BCUT2D eigenvalue weighted by molar-refractivity contribution is 5.94. The molecule has 0 bridgehead atoms. The van der Waals surface area contributed by atoms with E-state index in [2.05, 4.69) is 11.9 Å². The molecule has 1 aromatic rings. The number of rotatable bonds is 2. The van der Waals surface area contributed by atoms with Crippen LogP contribution in [0.3, 0.4) is 0 Å². The van der Waals surface area contributed by atoms with E-state index in [0.29, 0.717) is 17.6 Å². The van der Waals surface area contributed by atoms with Gasteiger partial charge in [0, 0.05) is 24.2 Å². The minimum atomic E-state index is -0.343. The number of amides is 1. The van der Waals surface area contributed by atoms with Crippen molar-refractivity contribution in [3.05, 3.63) is 35.6 Å². The Morgan fingerprint density at radius 1 is 1.20 bits per heavy atom. The van der Waals surface area contributed by atoms with Gasteiger partial charge in [0.05, 0.1) is 0 Å². The molecule has 1 aromatic carbocycles. The highest BCUT2D eigenvalue weighted by Gasteiger charge is 2.38. The van der Waals surface area contributed by atoms with Crippen molar-refractivity contribution in [1.82, 2.24) is 9.80 Å². The minimum absolute atomic E-state index is 0.0210. The van der Waals surface area contributed by atoms with E-state index in [0.717, 1.165) is 32.4 Å². The predicted octanol–water partition coefficient (Wildman–Crippen LogP) is 2.52. The number of nitrogens with zero attached hydrogens (tertiary/aromatic N) is 2. The van der Waals surface area contributed by atoms with Crippen LogP contribution < -0.4 is 0 Å². The Morgan fingerprint density at radius 3 is 2.65 bits per heavy atom. The molecule has 0 saturated carbocycles. The molecular formula is C16H21FN2O. The maximum absolute atomic E-state index is 13.3. The first-order valence-electron chi connectivity index (χ1n) is 7.43. The summed E-state index contributed by atoms with van der Waals surface area (Å²) in [5, 5.41) is 0. The van der Waals surface area contributed by atoms with Crippen molar-refractivity contribution in [2.75, 3.05) is 20.1 Å². The molecule has 2 unspecified atom stereocenters. The van der Waals surface area contributed by atoms with E-state index >= 15 is 0 Å². The first-order chi connectivity index (χ1) is 9.66. The van der Waals surface area contributed by atoms with Crippen molar-refractivity contribution in [2.45, 2.75) is 37.8 Å². The van der Waals surface area contributed by atoms with Gasteiger partial charge in [-0.1, -0.05) is 6.07 Å². The smallest absolute Gasteiger partial charge is 0.254 e. The average Bonchev–Trinajstić information content (AvgIpc) is 3.06. The Labute approximate surface area is 119 Å². The molecule has 3 rings (SSSR count). The molecule has 2 aliphatic rings. The summed E-state index contributed by atoms with van der Waals surface area (Å²) in [6.07, 6.45) is 4.49. The van der Waals surface area contributed by atoms with Gasteiger partial charge in [0.25, 0.3) is 5.91 Å². The van der Waals surface area contributed by atoms with Crippen molar-refractivity contribution in [1.29, 1.82) is 0 Å². The van der Waals surface area contributed by atoms with Crippen LogP contribution in [0.1, 0.15) is 36.0 Å². The number of halogens is 1. The molecule has 108 valence electrons. The molecule has 2 saturated heterocycles. The lowest BCUT2D eigenvalue weighted by Crippen LogP contribution is -2.47. The molecule has 0 spiro atoms. The Balaban J connectivity index is 1.79. The van der Waals surface area contributed by atoms with Crippen LogP contribution in [0.2, 0.25) is 0 Å². The second kappa shape index (κ2) is 5.52. The fourth-order valence-corrected chi connectivity index (χ4v) is 3.65. The number of likely N-dealkylation sites (tertiary alicyclic amines) is 2. The van der Waals surface area contributed by atoms with Crippen molar-refractivity contribution >= 4 is 5.91 Å². The number of carbonyl (C=O) groups is 1. The number of benzene rings is 1. The predicted molar refractivity (Wildman–Crippen MR) is 76.1 cm³/mol. The van der Waals surface area contributed by atoms with E-state index in [1.54, 1.807) is 12.1 Å². The number of likely N-dealkylation sites (N-methyl/N-ethyl adjacent to an activating group) is 1. The zero-order valence-electron chi connectivity index (χ0n) is 11.9. The van der Waals surface area contributed by atoms with Gasteiger partial charge in [0.2, 0.25) is 0 Å². The summed E-state index contributed by atoms with van der Waals surface area (Å²) >= 11 is 0.